The molecule has 2 heterocycles. The summed E-state index contributed by atoms with van der Waals surface area (Å²) in [6.07, 6.45) is 5.01. The number of benzene rings is 1. The first-order valence-corrected chi connectivity index (χ1v) is 8.50. The molecule has 0 saturated carbocycles. The highest BCUT2D eigenvalue weighted by molar-refractivity contribution is 5.77. The number of hydrogen-bond donors (Lipinski definition) is 1. The first-order chi connectivity index (χ1) is 12.8. The van der Waals surface area contributed by atoms with Gasteiger partial charge >= 0.3 is 0 Å². The summed E-state index contributed by atoms with van der Waals surface area (Å²) in [5.41, 5.74) is 2.95. The van der Waals surface area contributed by atoms with E-state index in [1.165, 1.54) is 12.1 Å². The highest BCUT2D eigenvalue weighted by Crippen LogP contribution is 2.29. The predicted octanol–water partition coefficient (Wildman–Crippen LogP) is 3.81. The van der Waals surface area contributed by atoms with Crippen LogP contribution in [0, 0.1) is 18.6 Å². The maximum Gasteiger partial charge on any atom is 0.165 e. The molecule has 0 aliphatic heterocycles. The SMILES string of the molecule is C=C(c1cnn(C)c1)c1nc(-c2c(F)cc(C(C)NC)cc2F)ncc1C. The van der Waals surface area contributed by atoms with E-state index in [0.717, 1.165) is 11.1 Å². The van der Waals surface area contributed by atoms with Crippen molar-refractivity contribution in [3.63, 3.8) is 0 Å². The minimum absolute atomic E-state index is 0.0145. The van der Waals surface area contributed by atoms with Crippen LogP contribution in [0.2, 0.25) is 0 Å². The molecule has 0 saturated heterocycles. The van der Waals surface area contributed by atoms with E-state index in [-0.39, 0.29) is 17.4 Å². The van der Waals surface area contributed by atoms with Crippen molar-refractivity contribution in [1.29, 1.82) is 0 Å². The molecule has 0 aliphatic carbocycles. The smallest absolute Gasteiger partial charge is 0.165 e. The molecule has 1 atom stereocenters. The van der Waals surface area contributed by atoms with Crippen LogP contribution in [0.1, 0.15) is 35.3 Å². The number of rotatable bonds is 5. The van der Waals surface area contributed by atoms with Gasteiger partial charge in [0, 0.05) is 36.6 Å². The van der Waals surface area contributed by atoms with Crippen molar-refractivity contribution < 1.29 is 8.78 Å². The maximum atomic E-state index is 14.7. The average molecular weight is 369 g/mol. The van der Waals surface area contributed by atoms with Crippen LogP contribution in [0.15, 0.2) is 37.3 Å². The third-order valence-corrected chi connectivity index (χ3v) is 4.53. The third-order valence-electron chi connectivity index (χ3n) is 4.53. The summed E-state index contributed by atoms with van der Waals surface area (Å²) >= 11 is 0. The van der Waals surface area contributed by atoms with Crippen LogP contribution in [0.5, 0.6) is 0 Å². The van der Waals surface area contributed by atoms with Crippen molar-refractivity contribution in [3.8, 4) is 11.4 Å². The molecule has 2 aromatic heterocycles. The summed E-state index contributed by atoms with van der Waals surface area (Å²) in [5, 5.41) is 7.08. The molecule has 7 heteroatoms. The van der Waals surface area contributed by atoms with Crippen molar-refractivity contribution in [3.05, 3.63) is 71.3 Å². The van der Waals surface area contributed by atoms with E-state index in [9.17, 15) is 8.78 Å². The van der Waals surface area contributed by atoms with Gasteiger partial charge in [-0.15, -0.1) is 0 Å². The minimum atomic E-state index is -0.700. The number of nitrogens with one attached hydrogen (secondary N) is 1. The first kappa shape index (κ1) is 18.8. The van der Waals surface area contributed by atoms with Gasteiger partial charge in [-0.1, -0.05) is 6.58 Å². The molecule has 5 nitrogen and oxygen atoms in total. The normalized spacial score (nSPS) is 12.2. The lowest BCUT2D eigenvalue weighted by Gasteiger charge is -2.14. The fourth-order valence-corrected chi connectivity index (χ4v) is 2.80. The van der Waals surface area contributed by atoms with E-state index in [0.29, 0.717) is 16.8 Å². The Morgan fingerprint density at radius 3 is 2.44 bits per heavy atom. The Balaban J connectivity index is 2.07. The van der Waals surface area contributed by atoms with E-state index in [1.807, 2.05) is 13.8 Å². The van der Waals surface area contributed by atoms with Gasteiger partial charge in [0.2, 0.25) is 0 Å². The minimum Gasteiger partial charge on any atom is -0.313 e. The molecule has 27 heavy (non-hydrogen) atoms. The van der Waals surface area contributed by atoms with Gasteiger partial charge in [0.15, 0.2) is 5.82 Å². The van der Waals surface area contributed by atoms with Crippen molar-refractivity contribution in [2.45, 2.75) is 19.9 Å². The third kappa shape index (κ3) is 3.64. The van der Waals surface area contributed by atoms with E-state index in [1.54, 1.807) is 37.4 Å². The summed E-state index contributed by atoms with van der Waals surface area (Å²) in [4.78, 5) is 8.54. The molecule has 1 aromatic carbocycles. The Hall–Kier alpha value is -2.93. The molecular formula is C20H21F2N5. The predicted molar refractivity (Wildman–Crippen MR) is 101 cm³/mol. The van der Waals surface area contributed by atoms with Crippen molar-refractivity contribution in [1.82, 2.24) is 25.1 Å². The van der Waals surface area contributed by atoms with Crippen LogP contribution < -0.4 is 5.32 Å². The lowest BCUT2D eigenvalue weighted by Crippen LogP contribution is -2.13. The van der Waals surface area contributed by atoms with Crippen LogP contribution in [0.25, 0.3) is 17.0 Å². The zero-order valence-corrected chi connectivity index (χ0v) is 15.7. The lowest BCUT2D eigenvalue weighted by atomic mass is 10.0. The zero-order valence-electron chi connectivity index (χ0n) is 15.7. The summed E-state index contributed by atoms with van der Waals surface area (Å²) in [6, 6.07) is 2.43. The molecule has 1 unspecified atom stereocenters. The maximum absolute atomic E-state index is 14.7. The highest BCUT2D eigenvalue weighted by atomic mass is 19.1. The van der Waals surface area contributed by atoms with Crippen LogP contribution >= 0.6 is 0 Å². The summed E-state index contributed by atoms with van der Waals surface area (Å²) < 4.78 is 31.0. The fraction of sp³-hybridized carbons (Fsp3) is 0.250. The topological polar surface area (TPSA) is 55.6 Å². The van der Waals surface area contributed by atoms with Gasteiger partial charge in [-0.25, -0.2) is 18.7 Å². The van der Waals surface area contributed by atoms with Gasteiger partial charge in [-0.05, 0) is 44.2 Å². The molecule has 0 aliphatic rings. The van der Waals surface area contributed by atoms with Crippen LogP contribution in [-0.4, -0.2) is 26.8 Å². The molecule has 0 fully saturated rings. The van der Waals surface area contributed by atoms with Gasteiger partial charge < -0.3 is 5.32 Å². The number of hydrogen-bond acceptors (Lipinski definition) is 4. The van der Waals surface area contributed by atoms with Gasteiger partial charge in [-0.2, -0.15) is 5.10 Å². The van der Waals surface area contributed by atoms with Gasteiger partial charge in [-0.3, -0.25) is 4.68 Å². The van der Waals surface area contributed by atoms with Crippen LogP contribution in [0.4, 0.5) is 8.78 Å². The van der Waals surface area contributed by atoms with Gasteiger partial charge in [0.1, 0.15) is 11.6 Å². The number of aromatic nitrogens is 4. The second kappa shape index (κ2) is 7.36. The number of halogens is 2. The zero-order chi connectivity index (χ0) is 19.7. The van der Waals surface area contributed by atoms with E-state index in [2.05, 4.69) is 27.0 Å². The second-order valence-electron chi connectivity index (χ2n) is 6.48. The first-order valence-electron chi connectivity index (χ1n) is 8.50. The Morgan fingerprint density at radius 1 is 1.22 bits per heavy atom. The molecule has 3 rings (SSSR count). The van der Waals surface area contributed by atoms with E-state index >= 15 is 0 Å². The molecule has 0 amide bonds. The van der Waals surface area contributed by atoms with Gasteiger partial charge in [0.05, 0.1) is 17.5 Å². The second-order valence-corrected chi connectivity index (χ2v) is 6.48. The Bertz CT molecular complexity index is 986. The Morgan fingerprint density at radius 2 is 1.89 bits per heavy atom. The Labute approximate surface area is 156 Å². The van der Waals surface area contributed by atoms with Crippen LogP contribution in [0.3, 0.4) is 0 Å². The highest BCUT2D eigenvalue weighted by Gasteiger charge is 2.19. The largest absolute Gasteiger partial charge is 0.313 e. The van der Waals surface area contributed by atoms with Gasteiger partial charge in [0.25, 0.3) is 0 Å². The number of aryl methyl sites for hydroxylation is 2. The fourth-order valence-electron chi connectivity index (χ4n) is 2.80. The monoisotopic (exact) mass is 369 g/mol. The molecule has 3 aromatic rings. The number of nitrogens with zero attached hydrogens (tertiary/aromatic N) is 4. The lowest BCUT2D eigenvalue weighted by molar-refractivity contribution is 0.570. The molecular weight excluding hydrogens is 348 g/mol. The van der Waals surface area contributed by atoms with Crippen molar-refractivity contribution in [2.75, 3.05) is 7.05 Å². The molecule has 0 bridgehead atoms. The van der Waals surface area contributed by atoms with E-state index < -0.39 is 11.6 Å². The quantitative estimate of drug-likeness (QED) is 0.743. The summed E-state index contributed by atoms with van der Waals surface area (Å²) in [6.45, 7) is 7.71. The molecule has 0 radical (unpaired) electrons. The average Bonchev–Trinajstić information content (AvgIpc) is 3.07. The summed E-state index contributed by atoms with van der Waals surface area (Å²) in [5.74, 6) is -1.41. The van der Waals surface area contributed by atoms with E-state index in [4.69, 9.17) is 0 Å². The molecule has 1 N–H and O–H groups in total. The molecule has 140 valence electrons. The Kier molecular flexibility index (Phi) is 5.14. The van der Waals surface area contributed by atoms with Crippen molar-refractivity contribution >= 4 is 5.57 Å². The van der Waals surface area contributed by atoms with Crippen molar-refractivity contribution in [2.24, 2.45) is 7.05 Å². The standard InChI is InChI=1S/C20H21F2N5/c1-11-8-24-20(26-19(11)12(2)15-9-25-27(5)10-15)18-16(21)6-14(7-17(18)22)13(3)23-4/h6-10,13,23H,2H2,1,3-5H3. The van der Waals surface area contributed by atoms with Crippen LogP contribution in [-0.2, 0) is 7.05 Å². The summed E-state index contributed by atoms with van der Waals surface area (Å²) in [7, 11) is 3.53. The molecule has 0 spiro atoms.